The van der Waals surface area contributed by atoms with Gasteiger partial charge < -0.3 is 15.3 Å². The van der Waals surface area contributed by atoms with Crippen molar-refractivity contribution < 1.29 is 5.11 Å². The van der Waals surface area contributed by atoms with Crippen LogP contribution in [0.2, 0.25) is 0 Å². The van der Waals surface area contributed by atoms with E-state index >= 15 is 0 Å². The van der Waals surface area contributed by atoms with Crippen molar-refractivity contribution in [3.63, 3.8) is 0 Å². The predicted molar refractivity (Wildman–Crippen MR) is 92.9 cm³/mol. The minimum atomic E-state index is 0.248. The minimum Gasteiger partial charge on any atom is -0.395 e. The van der Waals surface area contributed by atoms with Gasteiger partial charge in [-0.2, -0.15) is 0 Å². The molecular weight excluding hydrogens is 288 g/mol. The van der Waals surface area contributed by atoms with E-state index in [1.807, 2.05) is 0 Å². The Bertz CT molecular complexity index is 695. The highest BCUT2D eigenvalue weighted by atomic mass is 16.3. The number of nitrogens with zero attached hydrogens (tertiary/aromatic N) is 3. The Labute approximate surface area is 136 Å². The highest BCUT2D eigenvalue weighted by Crippen LogP contribution is 2.33. The van der Waals surface area contributed by atoms with Gasteiger partial charge >= 0.3 is 0 Å². The van der Waals surface area contributed by atoms with Crippen LogP contribution in [-0.4, -0.2) is 60.9 Å². The summed E-state index contributed by atoms with van der Waals surface area (Å²) >= 11 is 0. The van der Waals surface area contributed by atoms with Crippen LogP contribution >= 0.6 is 0 Å². The smallest absolute Gasteiger partial charge is 0.0726 e. The molecule has 2 aromatic rings. The van der Waals surface area contributed by atoms with Crippen molar-refractivity contribution in [3.8, 4) is 0 Å². The summed E-state index contributed by atoms with van der Waals surface area (Å²) in [7, 11) is 0. The highest BCUT2D eigenvalue weighted by molar-refractivity contribution is 5.94. The Kier molecular flexibility index (Phi) is 4.16. The molecule has 0 saturated carbocycles. The SMILES string of the molecule is OCCN1CCN(c2c3c(nc4ccccc24)CCNC3)CC1. The van der Waals surface area contributed by atoms with Gasteiger partial charge in [-0.05, 0) is 6.07 Å². The zero-order valence-electron chi connectivity index (χ0n) is 13.5. The number of piperazine rings is 1. The lowest BCUT2D eigenvalue weighted by Gasteiger charge is -2.38. The number of aliphatic hydroxyl groups excluding tert-OH is 1. The largest absolute Gasteiger partial charge is 0.395 e. The van der Waals surface area contributed by atoms with E-state index in [1.165, 1.54) is 22.3 Å². The third-order valence-electron chi connectivity index (χ3n) is 4.99. The van der Waals surface area contributed by atoms with Gasteiger partial charge in [0.1, 0.15) is 0 Å². The van der Waals surface area contributed by atoms with E-state index in [9.17, 15) is 0 Å². The maximum Gasteiger partial charge on any atom is 0.0726 e. The Balaban J connectivity index is 1.73. The van der Waals surface area contributed by atoms with Crippen molar-refractivity contribution in [1.29, 1.82) is 0 Å². The number of hydrogen-bond donors (Lipinski definition) is 2. The molecule has 0 spiro atoms. The van der Waals surface area contributed by atoms with Crippen molar-refractivity contribution >= 4 is 16.6 Å². The first kappa shape index (κ1) is 14.9. The van der Waals surface area contributed by atoms with Gasteiger partial charge in [0.05, 0.1) is 17.8 Å². The summed E-state index contributed by atoms with van der Waals surface area (Å²) < 4.78 is 0. The average Bonchev–Trinajstić information content (AvgIpc) is 2.61. The van der Waals surface area contributed by atoms with E-state index in [0.29, 0.717) is 0 Å². The van der Waals surface area contributed by atoms with Gasteiger partial charge in [-0.25, -0.2) is 0 Å². The summed E-state index contributed by atoms with van der Waals surface area (Å²) in [6, 6.07) is 8.51. The zero-order chi connectivity index (χ0) is 15.6. The predicted octanol–water partition coefficient (Wildman–Crippen LogP) is 0.995. The summed E-state index contributed by atoms with van der Waals surface area (Å²) in [4.78, 5) is 9.76. The van der Waals surface area contributed by atoms with Crippen LogP contribution < -0.4 is 10.2 Å². The minimum absolute atomic E-state index is 0.248. The summed E-state index contributed by atoms with van der Waals surface area (Å²) in [5.41, 5.74) is 5.13. The highest BCUT2D eigenvalue weighted by Gasteiger charge is 2.24. The summed E-state index contributed by atoms with van der Waals surface area (Å²) in [6.45, 7) is 7.02. The van der Waals surface area contributed by atoms with Crippen LogP contribution in [0.3, 0.4) is 0 Å². The topological polar surface area (TPSA) is 51.6 Å². The number of β-amino-alcohol motifs (C(OH)–C–C–N with tert-alkyl or cyclic N) is 1. The first-order valence-electron chi connectivity index (χ1n) is 8.56. The van der Waals surface area contributed by atoms with E-state index in [1.54, 1.807) is 0 Å². The van der Waals surface area contributed by atoms with E-state index in [-0.39, 0.29) is 6.61 Å². The fourth-order valence-electron chi connectivity index (χ4n) is 3.79. The van der Waals surface area contributed by atoms with Crippen LogP contribution in [0.5, 0.6) is 0 Å². The van der Waals surface area contributed by atoms with Crippen molar-refractivity contribution in [3.05, 3.63) is 35.5 Å². The van der Waals surface area contributed by atoms with Crippen LogP contribution in [0, 0.1) is 0 Å². The van der Waals surface area contributed by atoms with Crippen molar-refractivity contribution in [1.82, 2.24) is 15.2 Å². The second kappa shape index (κ2) is 6.43. The Morgan fingerprint density at radius 3 is 2.78 bits per heavy atom. The fourth-order valence-corrected chi connectivity index (χ4v) is 3.79. The molecule has 23 heavy (non-hydrogen) atoms. The Morgan fingerprint density at radius 2 is 1.96 bits per heavy atom. The second-order valence-corrected chi connectivity index (χ2v) is 6.38. The van der Waals surface area contributed by atoms with Crippen LogP contribution in [0.1, 0.15) is 11.3 Å². The van der Waals surface area contributed by atoms with E-state index in [4.69, 9.17) is 10.1 Å². The molecule has 5 heteroatoms. The van der Waals surface area contributed by atoms with Crippen LogP contribution in [-0.2, 0) is 13.0 Å². The molecule has 0 bridgehead atoms. The monoisotopic (exact) mass is 312 g/mol. The number of benzene rings is 1. The van der Waals surface area contributed by atoms with Gasteiger partial charge in [0.2, 0.25) is 0 Å². The molecule has 1 fully saturated rings. The van der Waals surface area contributed by atoms with Gasteiger partial charge in [0, 0.05) is 68.9 Å². The molecule has 3 heterocycles. The number of anilines is 1. The van der Waals surface area contributed by atoms with E-state index in [0.717, 1.165) is 57.8 Å². The summed E-state index contributed by atoms with van der Waals surface area (Å²) in [5, 5.41) is 13.9. The first-order valence-corrected chi connectivity index (χ1v) is 8.56. The standard InChI is InChI=1S/C18H24N4O/c23-12-11-21-7-9-22(10-8-21)18-14-3-1-2-4-16(14)20-17-5-6-19-13-15(17)18/h1-4,19,23H,5-13H2. The molecule has 122 valence electrons. The Morgan fingerprint density at radius 1 is 1.13 bits per heavy atom. The van der Waals surface area contributed by atoms with Crippen LogP contribution in [0.25, 0.3) is 10.9 Å². The third kappa shape index (κ3) is 2.80. The lowest BCUT2D eigenvalue weighted by molar-refractivity contribution is 0.189. The van der Waals surface area contributed by atoms with E-state index in [2.05, 4.69) is 39.4 Å². The molecule has 4 rings (SSSR count). The quantitative estimate of drug-likeness (QED) is 0.885. The van der Waals surface area contributed by atoms with Crippen molar-refractivity contribution in [2.24, 2.45) is 0 Å². The number of rotatable bonds is 3. The molecule has 1 aromatic heterocycles. The molecular formula is C18H24N4O. The first-order chi connectivity index (χ1) is 11.4. The lowest BCUT2D eigenvalue weighted by atomic mass is 9.99. The number of hydrogen-bond acceptors (Lipinski definition) is 5. The van der Waals surface area contributed by atoms with Crippen LogP contribution in [0.15, 0.2) is 24.3 Å². The summed E-state index contributed by atoms with van der Waals surface area (Å²) in [6.07, 6.45) is 1.01. The molecule has 0 amide bonds. The zero-order valence-corrected chi connectivity index (χ0v) is 13.5. The number of aliphatic hydroxyl groups is 1. The fraction of sp³-hybridized carbons (Fsp3) is 0.500. The van der Waals surface area contributed by atoms with Gasteiger partial charge in [-0.1, -0.05) is 18.2 Å². The number of para-hydroxylation sites is 1. The lowest BCUT2D eigenvalue weighted by Crippen LogP contribution is -2.47. The molecule has 1 aromatic carbocycles. The van der Waals surface area contributed by atoms with Crippen LogP contribution in [0.4, 0.5) is 5.69 Å². The molecule has 2 aliphatic heterocycles. The normalized spacial score (nSPS) is 19.1. The second-order valence-electron chi connectivity index (χ2n) is 6.38. The molecule has 2 aliphatic rings. The molecule has 0 unspecified atom stereocenters. The molecule has 1 saturated heterocycles. The molecule has 5 nitrogen and oxygen atoms in total. The summed E-state index contributed by atoms with van der Waals surface area (Å²) in [5.74, 6) is 0. The maximum atomic E-state index is 9.13. The molecule has 0 radical (unpaired) electrons. The van der Waals surface area contributed by atoms with Gasteiger partial charge in [0.15, 0.2) is 0 Å². The van der Waals surface area contributed by atoms with E-state index < -0.39 is 0 Å². The number of fused-ring (bicyclic) bond motifs is 2. The van der Waals surface area contributed by atoms with Crippen molar-refractivity contribution in [2.45, 2.75) is 13.0 Å². The molecule has 0 atom stereocenters. The third-order valence-corrected chi connectivity index (χ3v) is 4.99. The maximum absolute atomic E-state index is 9.13. The number of nitrogens with one attached hydrogen (secondary N) is 1. The number of aromatic nitrogens is 1. The molecule has 0 aliphatic carbocycles. The van der Waals surface area contributed by atoms with Crippen molar-refractivity contribution in [2.75, 3.05) is 50.8 Å². The number of pyridine rings is 1. The van der Waals surface area contributed by atoms with Gasteiger partial charge in [-0.15, -0.1) is 0 Å². The van der Waals surface area contributed by atoms with Gasteiger partial charge in [-0.3, -0.25) is 9.88 Å². The van der Waals surface area contributed by atoms with Gasteiger partial charge in [0.25, 0.3) is 0 Å². The Hall–Kier alpha value is -1.69. The molecule has 2 N–H and O–H groups in total. The average molecular weight is 312 g/mol.